The van der Waals surface area contributed by atoms with Crippen LogP contribution >= 0.6 is 0 Å². The van der Waals surface area contributed by atoms with Crippen molar-refractivity contribution in [2.45, 2.75) is 25.3 Å². The van der Waals surface area contributed by atoms with Crippen LogP contribution < -0.4 is 0 Å². The van der Waals surface area contributed by atoms with Crippen LogP contribution in [-0.2, 0) is 9.47 Å². The van der Waals surface area contributed by atoms with Gasteiger partial charge in [-0.1, -0.05) is 12.1 Å². The number of alkyl halides is 3. The summed E-state index contributed by atoms with van der Waals surface area (Å²) in [6.45, 7) is 1.73. The molecule has 2 rings (SSSR count). The monoisotopic (exact) mass is 264 g/mol. The van der Waals surface area contributed by atoms with Crippen LogP contribution in [0.3, 0.4) is 0 Å². The van der Waals surface area contributed by atoms with Crippen molar-refractivity contribution in [3.63, 3.8) is 0 Å². The molecule has 0 spiro atoms. The minimum Gasteiger partial charge on any atom is -0.371 e. The summed E-state index contributed by atoms with van der Waals surface area (Å²) in [5.41, 5.74) is 0.0649. The predicted octanol–water partition coefficient (Wildman–Crippen LogP) is 3.15. The smallest absolute Gasteiger partial charge is 0.371 e. The van der Waals surface area contributed by atoms with Gasteiger partial charge in [0.15, 0.2) is 6.10 Å². The molecule has 0 saturated carbocycles. The van der Waals surface area contributed by atoms with Gasteiger partial charge < -0.3 is 9.47 Å². The molecule has 1 aliphatic heterocycles. The SMILES string of the molecule is Cc1cc(C(OCC2CO2)C(F)(F)F)ccc1F. The van der Waals surface area contributed by atoms with Crippen LogP contribution in [0.1, 0.15) is 17.2 Å². The molecule has 0 bridgehead atoms. The number of hydrogen-bond donors (Lipinski definition) is 0. The van der Waals surface area contributed by atoms with Crippen LogP contribution in [0.15, 0.2) is 18.2 Å². The second-order valence-corrected chi connectivity index (χ2v) is 4.22. The van der Waals surface area contributed by atoms with Crippen LogP contribution in [-0.4, -0.2) is 25.5 Å². The number of halogens is 4. The van der Waals surface area contributed by atoms with E-state index in [1.807, 2.05) is 0 Å². The summed E-state index contributed by atoms with van der Waals surface area (Å²) in [5.74, 6) is -0.537. The Balaban J connectivity index is 2.17. The lowest BCUT2D eigenvalue weighted by Crippen LogP contribution is -2.25. The zero-order valence-electron chi connectivity index (χ0n) is 9.63. The quantitative estimate of drug-likeness (QED) is 0.615. The summed E-state index contributed by atoms with van der Waals surface area (Å²) in [7, 11) is 0. The zero-order chi connectivity index (χ0) is 13.3. The van der Waals surface area contributed by atoms with E-state index in [0.29, 0.717) is 6.61 Å². The van der Waals surface area contributed by atoms with E-state index < -0.39 is 18.1 Å². The minimum absolute atomic E-state index is 0.0953. The molecule has 18 heavy (non-hydrogen) atoms. The summed E-state index contributed by atoms with van der Waals surface area (Å²) < 4.78 is 61.2. The number of aryl methyl sites for hydroxylation is 1. The van der Waals surface area contributed by atoms with E-state index in [-0.39, 0.29) is 23.8 Å². The Kier molecular flexibility index (Phi) is 3.59. The average Bonchev–Trinajstić information content (AvgIpc) is 3.05. The van der Waals surface area contributed by atoms with Gasteiger partial charge in [-0.2, -0.15) is 13.2 Å². The van der Waals surface area contributed by atoms with Crippen LogP contribution in [0, 0.1) is 12.7 Å². The molecule has 0 amide bonds. The minimum atomic E-state index is -4.53. The van der Waals surface area contributed by atoms with Crippen molar-refractivity contribution in [1.29, 1.82) is 0 Å². The van der Waals surface area contributed by atoms with Crippen molar-refractivity contribution in [3.05, 3.63) is 35.1 Å². The Morgan fingerprint density at radius 1 is 1.44 bits per heavy atom. The van der Waals surface area contributed by atoms with E-state index in [4.69, 9.17) is 9.47 Å². The van der Waals surface area contributed by atoms with Crippen molar-refractivity contribution in [2.24, 2.45) is 0 Å². The number of epoxide rings is 1. The highest BCUT2D eigenvalue weighted by molar-refractivity contribution is 5.26. The molecule has 100 valence electrons. The van der Waals surface area contributed by atoms with E-state index in [1.165, 1.54) is 6.92 Å². The number of benzene rings is 1. The van der Waals surface area contributed by atoms with Gasteiger partial charge in [0.1, 0.15) is 11.9 Å². The second kappa shape index (κ2) is 4.85. The van der Waals surface area contributed by atoms with E-state index in [1.54, 1.807) is 0 Å². The second-order valence-electron chi connectivity index (χ2n) is 4.22. The molecule has 1 saturated heterocycles. The molecule has 1 heterocycles. The molecule has 1 aromatic rings. The number of rotatable bonds is 4. The summed E-state index contributed by atoms with van der Waals surface area (Å²) in [6.07, 6.45) is -6.82. The molecule has 0 aromatic heterocycles. The fourth-order valence-electron chi connectivity index (χ4n) is 1.58. The molecular weight excluding hydrogens is 252 g/mol. The first kappa shape index (κ1) is 13.3. The van der Waals surface area contributed by atoms with Crippen LogP contribution in [0.4, 0.5) is 17.6 Å². The molecule has 2 nitrogen and oxygen atoms in total. The first-order chi connectivity index (χ1) is 8.38. The fraction of sp³-hybridized carbons (Fsp3) is 0.500. The van der Waals surface area contributed by atoms with Crippen molar-refractivity contribution >= 4 is 0 Å². The Bertz CT molecular complexity index is 427. The van der Waals surface area contributed by atoms with Gasteiger partial charge in [-0.15, -0.1) is 0 Å². The molecular formula is C12H12F4O2. The summed E-state index contributed by atoms with van der Waals surface area (Å²) >= 11 is 0. The van der Waals surface area contributed by atoms with Crippen molar-refractivity contribution in [3.8, 4) is 0 Å². The highest BCUT2D eigenvalue weighted by Crippen LogP contribution is 2.37. The maximum absolute atomic E-state index is 13.0. The standard InChI is InChI=1S/C12H12F4O2/c1-7-4-8(2-3-10(7)13)11(12(14,15)16)18-6-9-5-17-9/h2-4,9,11H,5-6H2,1H3. The highest BCUT2D eigenvalue weighted by atomic mass is 19.4. The van der Waals surface area contributed by atoms with E-state index in [0.717, 1.165) is 18.2 Å². The lowest BCUT2D eigenvalue weighted by Gasteiger charge is -2.21. The van der Waals surface area contributed by atoms with Gasteiger partial charge in [0.25, 0.3) is 0 Å². The van der Waals surface area contributed by atoms with Gasteiger partial charge in [0.05, 0.1) is 13.2 Å². The van der Waals surface area contributed by atoms with Crippen LogP contribution in [0.2, 0.25) is 0 Å². The van der Waals surface area contributed by atoms with Crippen LogP contribution in [0.5, 0.6) is 0 Å². The third-order valence-corrected chi connectivity index (χ3v) is 2.63. The van der Waals surface area contributed by atoms with Crippen molar-refractivity contribution < 1.29 is 27.0 Å². The van der Waals surface area contributed by atoms with E-state index >= 15 is 0 Å². The Morgan fingerprint density at radius 3 is 2.61 bits per heavy atom. The lowest BCUT2D eigenvalue weighted by atomic mass is 10.1. The molecule has 6 heteroatoms. The van der Waals surface area contributed by atoms with Gasteiger partial charge >= 0.3 is 6.18 Å². The summed E-state index contributed by atoms with van der Waals surface area (Å²) in [4.78, 5) is 0. The predicted molar refractivity (Wildman–Crippen MR) is 55.6 cm³/mol. The Hall–Kier alpha value is -1.14. The van der Waals surface area contributed by atoms with Gasteiger partial charge in [-0.05, 0) is 24.1 Å². The Morgan fingerprint density at radius 2 is 2.11 bits per heavy atom. The first-order valence-electron chi connectivity index (χ1n) is 5.44. The largest absolute Gasteiger partial charge is 0.418 e. The molecule has 1 fully saturated rings. The summed E-state index contributed by atoms with van der Waals surface area (Å²) in [6, 6.07) is 3.26. The molecule has 0 radical (unpaired) electrons. The third kappa shape index (κ3) is 3.20. The topological polar surface area (TPSA) is 21.8 Å². The molecule has 1 aliphatic rings. The average molecular weight is 264 g/mol. The number of ether oxygens (including phenoxy) is 2. The van der Waals surface area contributed by atoms with E-state index in [2.05, 4.69) is 0 Å². The van der Waals surface area contributed by atoms with E-state index in [9.17, 15) is 17.6 Å². The first-order valence-corrected chi connectivity index (χ1v) is 5.44. The molecule has 1 aromatic carbocycles. The van der Waals surface area contributed by atoms with Gasteiger partial charge in [-0.3, -0.25) is 0 Å². The molecule has 0 N–H and O–H groups in total. The molecule has 0 aliphatic carbocycles. The number of hydrogen-bond acceptors (Lipinski definition) is 2. The van der Waals surface area contributed by atoms with Crippen LogP contribution in [0.25, 0.3) is 0 Å². The highest BCUT2D eigenvalue weighted by Gasteiger charge is 2.43. The maximum atomic E-state index is 13.0. The lowest BCUT2D eigenvalue weighted by molar-refractivity contribution is -0.224. The zero-order valence-corrected chi connectivity index (χ0v) is 9.63. The normalized spacial score (nSPS) is 20.8. The van der Waals surface area contributed by atoms with Gasteiger partial charge in [-0.25, -0.2) is 4.39 Å². The maximum Gasteiger partial charge on any atom is 0.418 e. The molecule has 2 unspecified atom stereocenters. The van der Waals surface area contributed by atoms with Gasteiger partial charge in [0.2, 0.25) is 0 Å². The fourth-order valence-corrected chi connectivity index (χ4v) is 1.58. The molecule has 2 atom stereocenters. The Labute approximate surface area is 102 Å². The van der Waals surface area contributed by atoms with Crippen molar-refractivity contribution in [2.75, 3.05) is 13.2 Å². The summed E-state index contributed by atoms with van der Waals surface area (Å²) in [5, 5.41) is 0. The van der Waals surface area contributed by atoms with Gasteiger partial charge in [0, 0.05) is 0 Å². The third-order valence-electron chi connectivity index (χ3n) is 2.63. The van der Waals surface area contributed by atoms with Crippen molar-refractivity contribution in [1.82, 2.24) is 0 Å².